The summed E-state index contributed by atoms with van der Waals surface area (Å²) in [4.78, 5) is 0. The smallest absolute Gasteiger partial charge is 1.00 e. The molecule has 0 unspecified atom stereocenters. The van der Waals surface area contributed by atoms with E-state index in [0.717, 1.165) is 0 Å². The van der Waals surface area contributed by atoms with Gasteiger partial charge >= 0.3 is 123 Å². The third kappa shape index (κ3) is 38.5. The van der Waals surface area contributed by atoms with Gasteiger partial charge in [0.05, 0.1) is 0 Å². The van der Waals surface area contributed by atoms with Crippen LogP contribution in [-0.2, 0) is 35.2 Å². The van der Waals surface area contributed by atoms with Gasteiger partial charge in [0.2, 0.25) is 0 Å². The molecule has 0 bridgehead atoms. The summed E-state index contributed by atoms with van der Waals surface area (Å²) >= 11 is -3.00. The second kappa shape index (κ2) is 8.37. The molecule has 0 rings (SSSR count). The summed E-state index contributed by atoms with van der Waals surface area (Å²) in [6.45, 7) is 0. The molecule has 0 N–H and O–H groups in total. The largest absolute Gasteiger partial charge is 1.00 e. The summed E-state index contributed by atoms with van der Waals surface area (Å²) in [5.41, 5.74) is 0. The van der Waals surface area contributed by atoms with Crippen LogP contribution in [0.5, 0.6) is 0 Å². The predicted molar refractivity (Wildman–Crippen MR) is 23.4 cm³/mol. The van der Waals surface area contributed by atoms with Crippen molar-refractivity contribution in [2.45, 2.75) is 0 Å². The summed E-state index contributed by atoms with van der Waals surface area (Å²) in [7, 11) is 20.0. The zero-order chi connectivity index (χ0) is 4.50. The van der Waals surface area contributed by atoms with E-state index in [4.69, 9.17) is 36.8 Å². The van der Waals surface area contributed by atoms with Crippen LogP contribution < -0.4 is 51.4 Å². The van der Waals surface area contributed by atoms with Crippen molar-refractivity contribution in [3.63, 3.8) is 0 Å². The maximum absolute atomic E-state index is 5.00. The van der Waals surface area contributed by atoms with E-state index in [-0.39, 0.29) is 73.8 Å². The second-order valence-corrected chi connectivity index (χ2v) is 19.0. The van der Waals surface area contributed by atoms with Crippen molar-refractivity contribution in [3.05, 3.63) is 0 Å². The fourth-order valence-corrected chi connectivity index (χ4v) is 0. The zero-order valence-corrected chi connectivity index (χ0v) is 13.6. The van der Waals surface area contributed by atoms with Crippen LogP contribution in [0.2, 0.25) is 0 Å². The summed E-state index contributed by atoms with van der Waals surface area (Å²) in [6.07, 6.45) is 0. The third-order valence-corrected chi connectivity index (χ3v) is 0. The first-order chi connectivity index (χ1) is 2.00. The van der Waals surface area contributed by atoms with E-state index in [2.05, 4.69) is 0 Å². The van der Waals surface area contributed by atoms with Crippen LogP contribution >= 0.6 is 36.8 Å². The van der Waals surface area contributed by atoms with E-state index in [0.29, 0.717) is 0 Å². The van der Waals surface area contributed by atoms with Crippen molar-refractivity contribution in [1.29, 1.82) is 0 Å². The van der Waals surface area contributed by atoms with Crippen LogP contribution in [0.3, 0.4) is 0 Å². The Bertz CT molecular complexity index is 25.2. The summed E-state index contributed by atoms with van der Waals surface area (Å²) < 4.78 is 0. The molecule has 0 atom stereocenters. The van der Waals surface area contributed by atoms with E-state index >= 15 is 0 Å². The van der Waals surface area contributed by atoms with Crippen LogP contribution in [0.1, 0.15) is 0 Å². The average molecular weight is 575 g/mol. The molecule has 0 spiro atoms. The normalized spacial score (nSPS) is 10.9. The van der Waals surface area contributed by atoms with Gasteiger partial charge in [-0.25, -0.2) is 0 Å². The minimum absolute atomic E-state index is 0. The second-order valence-electron chi connectivity index (χ2n) is 0.258. The monoisotopic (exact) mass is 573 g/mol. The Kier molecular flexibility index (Phi) is 20.8. The van der Waals surface area contributed by atoms with E-state index in [1.807, 2.05) is 0 Å². The Morgan fingerprint density at radius 1 is 0.857 bits per heavy atom. The average Bonchev–Trinajstić information content (AvgIpc) is 0.722. The van der Waals surface area contributed by atoms with Gasteiger partial charge in [-0.2, -0.15) is 0 Å². The van der Waals surface area contributed by atoms with Gasteiger partial charge in [0.25, 0.3) is 0 Å². The van der Waals surface area contributed by atoms with Crippen molar-refractivity contribution < 1.29 is 86.6 Å². The molecule has 50 valence electrons. The topological polar surface area (TPSA) is 0 Å². The molecule has 0 aromatic heterocycles. The summed E-state index contributed by atoms with van der Waals surface area (Å²) in [5, 5.41) is 0. The van der Waals surface area contributed by atoms with Crippen LogP contribution in [0.25, 0.3) is 0 Å². The number of hydrogen-bond donors (Lipinski definition) is 0. The van der Waals surface area contributed by atoms with Gasteiger partial charge in [-0.3, -0.25) is 0 Å². The molecule has 0 amide bonds. The van der Waals surface area contributed by atoms with E-state index in [1.165, 1.54) is 0 Å². The molecule has 0 aliphatic carbocycles. The molecule has 0 heterocycles. The van der Waals surface area contributed by atoms with Crippen LogP contribution in [0, 0.1) is 0 Å². The molecular formula is Au2Cl4K+. The fourth-order valence-electron chi connectivity index (χ4n) is 0. The summed E-state index contributed by atoms with van der Waals surface area (Å²) in [6, 6.07) is 0. The molecule has 0 nitrogen and oxygen atoms in total. The van der Waals surface area contributed by atoms with E-state index in [1.54, 1.807) is 0 Å². The molecule has 0 saturated heterocycles. The molecule has 7 heteroatoms. The van der Waals surface area contributed by atoms with E-state index < -0.39 is 12.8 Å². The molecule has 0 fully saturated rings. The van der Waals surface area contributed by atoms with Gasteiger partial charge in [-0.05, 0) is 0 Å². The van der Waals surface area contributed by atoms with Gasteiger partial charge in [0, 0.05) is 0 Å². The van der Waals surface area contributed by atoms with Crippen LogP contribution in [0.15, 0.2) is 0 Å². The molecule has 7 heavy (non-hydrogen) atoms. The number of hydrogen-bond acceptors (Lipinski definition) is 0. The first-order valence-electron chi connectivity index (χ1n) is 0.456. The van der Waals surface area contributed by atoms with Crippen molar-refractivity contribution in [3.8, 4) is 0 Å². The van der Waals surface area contributed by atoms with E-state index in [9.17, 15) is 0 Å². The molecule has 0 aliphatic rings. The zero-order valence-electron chi connectivity index (χ0n) is 3.11. The number of halogens is 4. The first kappa shape index (κ1) is 17.4. The summed E-state index contributed by atoms with van der Waals surface area (Å²) in [5.74, 6) is 0. The van der Waals surface area contributed by atoms with Crippen molar-refractivity contribution >= 4 is 36.8 Å². The Morgan fingerprint density at radius 2 is 0.857 bits per heavy atom. The molecule has 0 radical (unpaired) electrons. The Balaban J connectivity index is -0.0000000800. The molecule has 0 aliphatic heterocycles. The fraction of sp³-hybridized carbons (Fsp3) is 0. The van der Waals surface area contributed by atoms with Crippen LogP contribution in [0.4, 0.5) is 0 Å². The Labute approximate surface area is 120 Å². The van der Waals surface area contributed by atoms with Crippen molar-refractivity contribution in [2.75, 3.05) is 0 Å². The van der Waals surface area contributed by atoms with Gasteiger partial charge in [0.15, 0.2) is 0 Å². The molecule has 0 saturated carbocycles. The Hall–Kier alpha value is 4.28. The minimum atomic E-state index is -3.00. The third-order valence-electron chi connectivity index (χ3n) is 0. The van der Waals surface area contributed by atoms with Crippen LogP contribution in [-0.4, -0.2) is 0 Å². The SMILES string of the molecule is [Au+].[Cl][Au-]([Cl])([Cl])[Cl].[K+]. The minimum Gasteiger partial charge on any atom is 1.00 e. The molecular weight excluding hydrogens is 575 g/mol. The number of rotatable bonds is 0. The van der Waals surface area contributed by atoms with Gasteiger partial charge in [-0.15, -0.1) is 0 Å². The molecule has 0 aromatic carbocycles. The maximum atomic E-state index is 5.00. The van der Waals surface area contributed by atoms with Gasteiger partial charge in [-0.1, -0.05) is 0 Å². The van der Waals surface area contributed by atoms with Crippen molar-refractivity contribution in [2.24, 2.45) is 0 Å². The first-order valence-corrected chi connectivity index (χ1v) is 11.2. The predicted octanol–water partition coefficient (Wildman–Crippen LogP) is -0.243. The van der Waals surface area contributed by atoms with Gasteiger partial charge < -0.3 is 0 Å². The standard InChI is InChI=1S/2Au.4ClH.K/h;;4*1H;/q+1;+3;;;;;+1/p-4. The maximum Gasteiger partial charge on any atom is 1.00 e. The quantitative estimate of drug-likeness (QED) is 0.351. The Morgan fingerprint density at radius 3 is 0.857 bits per heavy atom. The van der Waals surface area contributed by atoms with Crippen molar-refractivity contribution in [1.82, 2.24) is 0 Å². The molecule has 0 aromatic rings. The van der Waals surface area contributed by atoms with Gasteiger partial charge in [0.1, 0.15) is 0 Å².